The molecule has 0 aromatic carbocycles. The van der Waals surface area contributed by atoms with E-state index >= 15 is 0 Å². The molecule has 0 aliphatic carbocycles. The molecule has 3 heterocycles. The van der Waals surface area contributed by atoms with Crippen molar-refractivity contribution in [3.05, 3.63) is 16.7 Å². The predicted octanol–water partition coefficient (Wildman–Crippen LogP) is 0.858. The minimum Gasteiger partial charge on any atom is -0.371 e. The van der Waals surface area contributed by atoms with Gasteiger partial charge in [-0.1, -0.05) is 12.8 Å². The van der Waals surface area contributed by atoms with Crippen LogP contribution in [-0.2, 0) is 4.74 Å². The van der Waals surface area contributed by atoms with Crippen LogP contribution in [0.25, 0.3) is 11.2 Å². The lowest BCUT2D eigenvalue weighted by Crippen LogP contribution is -2.45. The van der Waals surface area contributed by atoms with Gasteiger partial charge in [0.15, 0.2) is 17.4 Å². The van der Waals surface area contributed by atoms with Crippen LogP contribution in [0.15, 0.2) is 11.1 Å². The Bertz CT molecular complexity index is 928. The van der Waals surface area contributed by atoms with Crippen molar-refractivity contribution in [2.45, 2.75) is 44.1 Å². The number of fused-ring (bicyclic) bond motifs is 1. The fourth-order valence-corrected chi connectivity index (χ4v) is 2.76. The number of aliphatic hydroxyl groups is 1. The van der Waals surface area contributed by atoms with E-state index in [1.807, 2.05) is 5.92 Å². The second-order valence-electron chi connectivity index (χ2n) is 5.61. The van der Waals surface area contributed by atoms with Crippen LogP contribution in [0.1, 0.15) is 27.8 Å². The number of nitrogens with zero attached hydrogens (tertiary/aromatic N) is 3. The molecule has 3 rings (SSSR count). The number of hydrogen-bond donors (Lipinski definition) is 3. The fourth-order valence-electron chi connectivity index (χ4n) is 2.76. The largest absolute Gasteiger partial charge is 0.371 e. The number of ether oxygens (including phenoxy) is 1. The number of aromatic amines is 1. The molecule has 2 aromatic heterocycles. The van der Waals surface area contributed by atoms with Crippen LogP contribution < -0.4 is 10.9 Å². The summed E-state index contributed by atoms with van der Waals surface area (Å²) in [6, 6.07) is 0. The number of aromatic nitrogens is 4. The number of rotatable bonds is 4. The number of nitrogens with one attached hydrogen (secondary N) is 2. The van der Waals surface area contributed by atoms with E-state index in [1.54, 1.807) is 0 Å². The number of halogens is 2. The standard InChI is InChI=1S/C15H17F2N5O3/c1-4-14(24)11(16)15(17,5-2)25-12(14)22-7-19-8-9(22)20-13(18-6-3)21-10(8)23/h1,7,11-12,24H,5-6H2,2-3H3,(H2,18,20,21,23)/t11-,12+,14+,15+/m0/s1/i3T. The quantitative estimate of drug-likeness (QED) is 0.703. The molecule has 1 saturated heterocycles. The van der Waals surface area contributed by atoms with Gasteiger partial charge in [0.05, 0.1) is 6.33 Å². The number of alkyl halides is 2. The highest BCUT2D eigenvalue weighted by molar-refractivity contribution is 5.71. The molecule has 1 aliphatic rings. The van der Waals surface area contributed by atoms with E-state index in [0.29, 0.717) is 0 Å². The van der Waals surface area contributed by atoms with Gasteiger partial charge in [0, 0.05) is 14.3 Å². The minimum absolute atomic E-state index is 0.0357. The third kappa shape index (κ3) is 2.39. The Labute approximate surface area is 142 Å². The van der Waals surface area contributed by atoms with Gasteiger partial charge in [-0.15, -0.1) is 6.42 Å². The van der Waals surface area contributed by atoms with Crippen molar-refractivity contribution in [1.82, 2.24) is 19.5 Å². The molecule has 0 saturated carbocycles. The van der Waals surface area contributed by atoms with Crippen molar-refractivity contribution in [3.63, 3.8) is 0 Å². The monoisotopic (exact) mass is 355 g/mol. The van der Waals surface area contributed by atoms with E-state index in [2.05, 4.69) is 20.3 Å². The smallest absolute Gasteiger partial charge is 0.280 e. The molecule has 8 nitrogen and oxygen atoms in total. The minimum atomic E-state index is -2.80. The van der Waals surface area contributed by atoms with Crippen LogP contribution in [0.5, 0.6) is 0 Å². The first-order valence-electron chi connectivity index (χ1n) is 8.22. The van der Waals surface area contributed by atoms with Gasteiger partial charge in [-0.2, -0.15) is 4.98 Å². The Morgan fingerprint density at radius 1 is 1.72 bits per heavy atom. The van der Waals surface area contributed by atoms with Gasteiger partial charge in [0.2, 0.25) is 23.6 Å². The van der Waals surface area contributed by atoms with Crippen molar-refractivity contribution >= 4 is 17.1 Å². The van der Waals surface area contributed by atoms with Crippen LogP contribution in [0.2, 0.25) is 0 Å². The number of anilines is 1. The maximum absolute atomic E-state index is 14.7. The SMILES string of the molecule is [3H]CCNc1nc2c(ncn2[C@@H]2O[C@](F)(CC)[C@@H](F)[C@]2(O)C#C)c(=O)[nH]1. The summed E-state index contributed by atoms with van der Waals surface area (Å²) in [4.78, 5) is 22.5. The Morgan fingerprint density at radius 3 is 3.12 bits per heavy atom. The molecule has 0 spiro atoms. The summed E-state index contributed by atoms with van der Waals surface area (Å²) in [6.07, 6.45) is 1.77. The van der Waals surface area contributed by atoms with Gasteiger partial charge in [-0.3, -0.25) is 14.3 Å². The molecule has 25 heavy (non-hydrogen) atoms. The Hall–Kier alpha value is -2.51. The summed E-state index contributed by atoms with van der Waals surface area (Å²) < 4.78 is 42.5. The molecule has 134 valence electrons. The zero-order valence-corrected chi connectivity index (χ0v) is 13.3. The van der Waals surface area contributed by atoms with Crippen LogP contribution in [0.3, 0.4) is 0 Å². The number of hydrogen-bond acceptors (Lipinski definition) is 6. The second kappa shape index (κ2) is 5.79. The summed E-state index contributed by atoms with van der Waals surface area (Å²) >= 11 is 0. The summed E-state index contributed by atoms with van der Waals surface area (Å²) in [5.74, 6) is -0.897. The molecule has 0 amide bonds. The molecule has 10 heteroatoms. The first-order valence-corrected chi connectivity index (χ1v) is 7.51. The summed E-state index contributed by atoms with van der Waals surface area (Å²) in [5, 5.41) is 13.2. The van der Waals surface area contributed by atoms with Crippen molar-refractivity contribution in [3.8, 4) is 12.3 Å². The summed E-state index contributed by atoms with van der Waals surface area (Å²) in [6.45, 7) is 1.60. The molecule has 2 aromatic rings. The van der Waals surface area contributed by atoms with Gasteiger partial charge < -0.3 is 15.2 Å². The molecule has 3 N–H and O–H groups in total. The summed E-state index contributed by atoms with van der Waals surface area (Å²) in [7, 11) is 0. The van der Waals surface area contributed by atoms with E-state index in [4.69, 9.17) is 12.5 Å². The Balaban J connectivity index is 2.14. The average molecular weight is 355 g/mol. The zero-order chi connectivity index (χ0) is 19.1. The molecule has 0 unspecified atom stereocenters. The van der Waals surface area contributed by atoms with Gasteiger partial charge in [0.25, 0.3) is 5.56 Å². The van der Waals surface area contributed by atoms with Crippen LogP contribution in [-0.4, -0.2) is 48.8 Å². The lowest BCUT2D eigenvalue weighted by atomic mass is 9.94. The molecule has 0 radical (unpaired) electrons. The molecule has 4 atom stereocenters. The predicted molar refractivity (Wildman–Crippen MR) is 85.2 cm³/mol. The van der Waals surface area contributed by atoms with Crippen molar-refractivity contribution in [1.29, 1.82) is 0 Å². The lowest BCUT2D eigenvalue weighted by Gasteiger charge is -2.24. The highest BCUT2D eigenvalue weighted by Crippen LogP contribution is 2.48. The Morgan fingerprint density at radius 2 is 2.48 bits per heavy atom. The number of H-pyrrole nitrogens is 1. The van der Waals surface area contributed by atoms with Gasteiger partial charge in [0.1, 0.15) is 0 Å². The molecule has 1 fully saturated rings. The Kier molecular flexibility index (Phi) is 3.70. The summed E-state index contributed by atoms with van der Waals surface area (Å²) in [5.41, 5.74) is -3.42. The first kappa shape index (κ1) is 16.0. The first-order chi connectivity index (χ1) is 12.3. The highest BCUT2D eigenvalue weighted by atomic mass is 19.2. The van der Waals surface area contributed by atoms with E-state index in [9.17, 15) is 18.7 Å². The average Bonchev–Trinajstić information content (AvgIpc) is 3.14. The van der Waals surface area contributed by atoms with Crippen LogP contribution in [0.4, 0.5) is 14.7 Å². The molecule has 0 bridgehead atoms. The highest BCUT2D eigenvalue weighted by Gasteiger charge is 2.65. The number of terminal acetylenes is 1. The van der Waals surface area contributed by atoms with Crippen LogP contribution in [0, 0.1) is 12.3 Å². The van der Waals surface area contributed by atoms with Crippen LogP contribution >= 0.6 is 0 Å². The maximum Gasteiger partial charge on any atom is 0.280 e. The zero-order valence-electron chi connectivity index (χ0n) is 14.3. The lowest BCUT2D eigenvalue weighted by molar-refractivity contribution is -0.176. The van der Waals surface area contributed by atoms with E-state index in [-0.39, 0.29) is 37.0 Å². The third-order valence-corrected chi connectivity index (χ3v) is 4.14. The maximum atomic E-state index is 14.7. The van der Waals surface area contributed by atoms with Gasteiger partial charge in [-0.05, 0) is 6.90 Å². The van der Waals surface area contributed by atoms with Crippen molar-refractivity contribution < 1.29 is 20.0 Å². The topological polar surface area (TPSA) is 105 Å². The van der Waals surface area contributed by atoms with Crippen molar-refractivity contribution in [2.24, 2.45) is 0 Å². The van der Waals surface area contributed by atoms with E-state index in [0.717, 1.165) is 10.9 Å². The van der Waals surface area contributed by atoms with E-state index in [1.165, 1.54) is 6.92 Å². The molecular weight excluding hydrogens is 336 g/mol. The molecular formula is C15H17F2N5O3. The third-order valence-electron chi connectivity index (χ3n) is 4.14. The van der Waals surface area contributed by atoms with Gasteiger partial charge in [-0.25, -0.2) is 13.8 Å². The normalized spacial score (nSPS) is 32.5. The van der Waals surface area contributed by atoms with E-state index < -0.39 is 29.4 Å². The van der Waals surface area contributed by atoms with Crippen molar-refractivity contribution in [2.75, 3.05) is 11.9 Å². The fraction of sp³-hybridized carbons (Fsp3) is 0.533. The molecule has 1 aliphatic heterocycles. The second-order valence-corrected chi connectivity index (χ2v) is 5.61. The number of imidazole rings is 1. The van der Waals surface area contributed by atoms with Gasteiger partial charge >= 0.3 is 0 Å².